The SMILES string of the molecule is C=CCN(CC)S(=O)(=O)C(C)CNC(C)C. The van der Waals surface area contributed by atoms with Crippen LogP contribution >= 0.6 is 0 Å². The minimum absolute atomic E-state index is 0.298. The summed E-state index contributed by atoms with van der Waals surface area (Å²) in [6.45, 7) is 12.5. The van der Waals surface area contributed by atoms with Gasteiger partial charge in [-0.15, -0.1) is 6.58 Å². The van der Waals surface area contributed by atoms with Crippen molar-refractivity contribution in [2.75, 3.05) is 19.6 Å². The van der Waals surface area contributed by atoms with Crippen molar-refractivity contribution in [3.05, 3.63) is 12.7 Å². The molecule has 0 bridgehead atoms. The number of hydrogen-bond donors (Lipinski definition) is 1. The molecule has 0 heterocycles. The van der Waals surface area contributed by atoms with Crippen LogP contribution in [-0.4, -0.2) is 43.6 Å². The van der Waals surface area contributed by atoms with Gasteiger partial charge in [-0.25, -0.2) is 8.42 Å². The van der Waals surface area contributed by atoms with Crippen molar-refractivity contribution in [2.45, 2.75) is 39.0 Å². The molecule has 1 unspecified atom stereocenters. The average Bonchev–Trinajstić information content (AvgIpc) is 2.21. The van der Waals surface area contributed by atoms with Gasteiger partial charge in [-0.3, -0.25) is 0 Å². The monoisotopic (exact) mass is 248 g/mol. The lowest BCUT2D eigenvalue weighted by atomic mass is 10.3. The number of nitrogens with zero attached hydrogens (tertiary/aromatic N) is 1. The molecule has 1 N–H and O–H groups in total. The summed E-state index contributed by atoms with van der Waals surface area (Å²) in [7, 11) is -3.21. The number of nitrogens with one attached hydrogen (secondary N) is 1. The largest absolute Gasteiger partial charge is 0.313 e. The molecule has 0 fully saturated rings. The summed E-state index contributed by atoms with van der Waals surface area (Å²) in [5.74, 6) is 0. The van der Waals surface area contributed by atoms with Gasteiger partial charge in [0.25, 0.3) is 0 Å². The molecule has 0 aliphatic carbocycles. The fraction of sp³-hybridized carbons (Fsp3) is 0.818. The van der Waals surface area contributed by atoms with Crippen molar-refractivity contribution in [3.8, 4) is 0 Å². The van der Waals surface area contributed by atoms with Crippen LogP contribution < -0.4 is 5.32 Å². The second-order valence-corrected chi connectivity index (χ2v) is 6.51. The molecule has 0 saturated carbocycles. The van der Waals surface area contributed by atoms with Gasteiger partial charge in [0.1, 0.15) is 0 Å². The van der Waals surface area contributed by atoms with E-state index in [2.05, 4.69) is 11.9 Å². The summed E-state index contributed by atoms with van der Waals surface area (Å²) >= 11 is 0. The fourth-order valence-corrected chi connectivity index (χ4v) is 2.81. The normalized spacial score (nSPS) is 14.4. The first-order valence-corrected chi connectivity index (χ1v) is 7.19. The van der Waals surface area contributed by atoms with Crippen LogP contribution in [0.15, 0.2) is 12.7 Å². The Hall–Kier alpha value is -0.390. The predicted molar refractivity (Wildman–Crippen MR) is 69.0 cm³/mol. The first-order valence-electron chi connectivity index (χ1n) is 5.69. The maximum absolute atomic E-state index is 12.1. The quantitative estimate of drug-likeness (QED) is 0.657. The van der Waals surface area contributed by atoms with Gasteiger partial charge in [-0.1, -0.05) is 26.8 Å². The van der Waals surface area contributed by atoms with E-state index in [1.54, 1.807) is 13.0 Å². The van der Waals surface area contributed by atoms with Crippen molar-refractivity contribution in [2.24, 2.45) is 0 Å². The maximum atomic E-state index is 12.1. The molecule has 0 saturated heterocycles. The molecule has 0 radical (unpaired) electrons. The van der Waals surface area contributed by atoms with Crippen molar-refractivity contribution in [3.63, 3.8) is 0 Å². The summed E-state index contributed by atoms with van der Waals surface area (Å²) in [6.07, 6.45) is 1.61. The zero-order valence-corrected chi connectivity index (χ0v) is 11.5. The maximum Gasteiger partial charge on any atom is 0.218 e. The van der Waals surface area contributed by atoms with Crippen molar-refractivity contribution < 1.29 is 8.42 Å². The summed E-state index contributed by atoms with van der Waals surface area (Å²) < 4.78 is 25.7. The first-order chi connectivity index (χ1) is 7.36. The summed E-state index contributed by atoms with van der Waals surface area (Å²) in [6, 6.07) is 0.298. The Balaban J connectivity index is 4.55. The fourth-order valence-electron chi connectivity index (χ4n) is 1.32. The van der Waals surface area contributed by atoms with Gasteiger partial charge in [-0.05, 0) is 6.92 Å². The lowest BCUT2D eigenvalue weighted by Gasteiger charge is -2.24. The zero-order valence-electron chi connectivity index (χ0n) is 10.7. The minimum atomic E-state index is -3.21. The molecule has 5 heteroatoms. The van der Waals surface area contributed by atoms with E-state index in [4.69, 9.17) is 0 Å². The van der Waals surface area contributed by atoms with Gasteiger partial charge >= 0.3 is 0 Å². The molecule has 0 spiro atoms. The first kappa shape index (κ1) is 15.6. The zero-order chi connectivity index (χ0) is 12.8. The van der Waals surface area contributed by atoms with E-state index in [-0.39, 0.29) is 0 Å². The van der Waals surface area contributed by atoms with E-state index in [9.17, 15) is 8.42 Å². The Morgan fingerprint density at radius 2 is 1.94 bits per heavy atom. The second-order valence-electron chi connectivity index (χ2n) is 4.16. The number of likely N-dealkylation sites (N-methyl/N-ethyl adjacent to an activating group) is 1. The minimum Gasteiger partial charge on any atom is -0.313 e. The summed E-state index contributed by atoms with van der Waals surface area (Å²) in [5, 5.41) is 2.73. The van der Waals surface area contributed by atoms with E-state index in [0.29, 0.717) is 25.7 Å². The Kier molecular flexibility index (Phi) is 6.87. The molecule has 96 valence electrons. The van der Waals surface area contributed by atoms with Gasteiger partial charge in [-0.2, -0.15) is 4.31 Å². The summed E-state index contributed by atoms with van der Waals surface area (Å²) in [5.41, 5.74) is 0. The third kappa shape index (κ3) is 4.63. The highest BCUT2D eigenvalue weighted by atomic mass is 32.2. The van der Waals surface area contributed by atoms with Gasteiger partial charge in [0.2, 0.25) is 10.0 Å². The Labute approximate surface area is 99.8 Å². The van der Waals surface area contributed by atoms with E-state index in [1.807, 2.05) is 20.8 Å². The van der Waals surface area contributed by atoms with E-state index in [0.717, 1.165) is 0 Å². The molecule has 0 aromatic rings. The van der Waals surface area contributed by atoms with Crippen LogP contribution in [0, 0.1) is 0 Å². The van der Waals surface area contributed by atoms with Gasteiger partial charge < -0.3 is 5.32 Å². The van der Waals surface area contributed by atoms with Crippen LogP contribution in [-0.2, 0) is 10.0 Å². The van der Waals surface area contributed by atoms with Gasteiger partial charge in [0.05, 0.1) is 5.25 Å². The average molecular weight is 248 g/mol. The van der Waals surface area contributed by atoms with Crippen LogP contribution in [0.3, 0.4) is 0 Å². The molecule has 0 aliphatic rings. The van der Waals surface area contributed by atoms with Crippen LogP contribution in [0.25, 0.3) is 0 Å². The molecule has 0 aromatic carbocycles. The molecule has 16 heavy (non-hydrogen) atoms. The highest BCUT2D eigenvalue weighted by Crippen LogP contribution is 2.08. The number of hydrogen-bond acceptors (Lipinski definition) is 3. The molecule has 0 amide bonds. The van der Waals surface area contributed by atoms with E-state index in [1.165, 1.54) is 4.31 Å². The van der Waals surface area contributed by atoms with Gasteiger partial charge in [0.15, 0.2) is 0 Å². The smallest absolute Gasteiger partial charge is 0.218 e. The van der Waals surface area contributed by atoms with Gasteiger partial charge in [0, 0.05) is 25.7 Å². The van der Waals surface area contributed by atoms with Crippen LogP contribution in [0.2, 0.25) is 0 Å². The lowest BCUT2D eigenvalue weighted by molar-refractivity contribution is 0.445. The standard InChI is InChI=1S/C11H24N2O2S/c1-6-8-13(7-2)16(14,15)11(5)9-12-10(3)4/h6,10-12H,1,7-9H2,2-5H3. The predicted octanol–water partition coefficient (Wildman–Crippen LogP) is 1.21. The third-order valence-corrected chi connectivity index (χ3v) is 4.68. The third-order valence-electron chi connectivity index (χ3n) is 2.37. The van der Waals surface area contributed by atoms with E-state index >= 15 is 0 Å². The molecular formula is C11H24N2O2S. The highest BCUT2D eigenvalue weighted by molar-refractivity contribution is 7.89. The summed E-state index contributed by atoms with van der Waals surface area (Å²) in [4.78, 5) is 0. The van der Waals surface area contributed by atoms with E-state index < -0.39 is 15.3 Å². The van der Waals surface area contributed by atoms with Crippen LogP contribution in [0.5, 0.6) is 0 Å². The molecule has 0 aromatic heterocycles. The topological polar surface area (TPSA) is 49.4 Å². The van der Waals surface area contributed by atoms with Crippen LogP contribution in [0.1, 0.15) is 27.7 Å². The molecule has 1 atom stereocenters. The Morgan fingerprint density at radius 3 is 2.31 bits per heavy atom. The molecule has 4 nitrogen and oxygen atoms in total. The molecular weight excluding hydrogens is 224 g/mol. The Morgan fingerprint density at radius 1 is 1.38 bits per heavy atom. The lowest BCUT2D eigenvalue weighted by Crippen LogP contribution is -2.43. The van der Waals surface area contributed by atoms with Crippen LogP contribution in [0.4, 0.5) is 0 Å². The number of sulfonamides is 1. The highest BCUT2D eigenvalue weighted by Gasteiger charge is 2.26. The second kappa shape index (κ2) is 7.04. The molecule has 0 rings (SSSR count). The number of rotatable bonds is 8. The van der Waals surface area contributed by atoms with Crippen molar-refractivity contribution in [1.29, 1.82) is 0 Å². The molecule has 0 aliphatic heterocycles. The Bertz CT molecular complexity index is 299. The van der Waals surface area contributed by atoms with Crippen molar-refractivity contribution >= 4 is 10.0 Å². The van der Waals surface area contributed by atoms with Crippen molar-refractivity contribution in [1.82, 2.24) is 9.62 Å².